The molecule has 0 saturated heterocycles. The molecule has 2 aromatic heterocycles. The van der Waals surface area contributed by atoms with E-state index in [0.717, 1.165) is 29.8 Å². The van der Waals surface area contributed by atoms with Crippen molar-refractivity contribution in [2.24, 2.45) is 0 Å². The first-order chi connectivity index (χ1) is 9.58. The van der Waals surface area contributed by atoms with Crippen molar-refractivity contribution in [1.82, 2.24) is 5.16 Å². The number of hydrogen-bond donors (Lipinski definition) is 1. The van der Waals surface area contributed by atoms with Gasteiger partial charge in [-0.1, -0.05) is 29.4 Å². The average Bonchev–Trinajstić information content (AvgIpc) is 2.94. The van der Waals surface area contributed by atoms with Crippen molar-refractivity contribution in [3.05, 3.63) is 44.2 Å². The van der Waals surface area contributed by atoms with Gasteiger partial charge in [0.05, 0.1) is 14.2 Å². The summed E-state index contributed by atoms with van der Waals surface area (Å²) in [6.45, 7) is 2.05. The van der Waals surface area contributed by atoms with Crippen LogP contribution in [0.4, 0.5) is 5.82 Å². The first kappa shape index (κ1) is 13.9. The summed E-state index contributed by atoms with van der Waals surface area (Å²) in [6.07, 6.45) is 0. The number of aromatic nitrogens is 1. The Hall–Kier alpha value is -1.11. The Morgan fingerprint density at radius 1 is 1.25 bits per heavy atom. The number of aryl methyl sites for hydroxylation is 1. The van der Waals surface area contributed by atoms with E-state index in [1.165, 1.54) is 0 Å². The lowest BCUT2D eigenvalue weighted by Gasteiger charge is -2.04. The molecule has 0 fully saturated rings. The van der Waals surface area contributed by atoms with Gasteiger partial charge in [-0.05, 0) is 56.0 Å². The molecule has 102 valence electrons. The minimum Gasteiger partial charge on any atom is -0.380 e. The fourth-order valence-corrected chi connectivity index (χ4v) is 4.06. The maximum absolute atomic E-state index is 6.00. The van der Waals surface area contributed by atoms with Gasteiger partial charge in [0.2, 0.25) is 0 Å². The van der Waals surface area contributed by atoms with E-state index in [0.29, 0.717) is 11.6 Å². The van der Waals surface area contributed by atoms with Crippen LogP contribution in [-0.2, 0) is 0 Å². The summed E-state index contributed by atoms with van der Waals surface area (Å²) in [5.41, 5.74) is 9.03. The third-order valence-electron chi connectivity index (χ3n) is 3.00. The molecule has 0 aliphatic rings. The van der Waals surface area contributed by atoms with E-state index in [-0.39, 0.29) is 0 Å². The first-order valence-electron chi connectivity index (χ1n) is 5.84. The van der Waals surface area contributed by atoms with E-state index in [4.69, 9.17) is 10.3 Å². The van der Waals surface area contributed by atoms with Crippen LogP contribution in [-0.4, -0.2) is 5.16 Å². The van der Waals surface area contributed by atoms with Gasteiger partial charge in [0.1, 0.15) is 0 Å². The van der Waals surface area contributed by atoms with E-state index >= 15 is 0 Å². The van der Waals surface area contributed by atoms with E-state index in [1.54, 1.807) is 11.3 Å². The second-order valence-electron chi connectivity index (χ2n) is 4.32. The number of hydrogen-bond acceptors (Lipinski definition) is 4. The molecule has 6 heteroatoms. The molecule has 3 rings (SSSR count). The molecule has 3 aromatic rings. The van der Waals surface area contributed by atoms with Gasteiger partial charge in [0.15, 0.2) is 11.6 Å². The molecule has 0 aliphatic heterocycles. The summed E-state index contributed by atoms with van der Waals surface area (Å²) in [4.78, 5) is 0.978. The Labute approximate surface area is 137 Å². The van der Waals surface area contributed by atoms with Crippen molar-refractivity contribution in [3.8, 4) is 21.8 Å². The minimum atomic E-state index is 0.412. The Morgan fingerprint density at radius 2 is 2.00 bits per heavy atom. The molecular weight excluding hydrogens is 404 g/mol. The van der Waals surface area contributed by atoms with E-state index in [9.17, 15) is 0 Å². The zero-order valence-electron chi connectivity index (χ0n) is 10.5. The molecule has 0 saturated carbocycles. The van der Waals surface area contributed by atoms with Crippen LogP contribution in [0.15, 0.2) is 43.1 Å². The van der Waals surface area contributed by atoms with Crippen LogP contribution in [0.25, 0.3) is 21.8 Å². The number of thiophene rings is 1. The fraction of sp³-hybridized carbons (Fsp3) is 0.0714. The van der Waals surface area contributed by atoms with Crippen molar-refractivity contribution >= 4 is 49.0 Å². The van der Waals surface area contributed by atoms with Crippen LogP contribution in [0, 0.1) is 6.92 Å². The zero-order chi connectivity index (χ0) is 14.3. The molecule has 3 nitrogen and oxygen atoms in total. The molecule has 0 radical (unpaired) electrons. The minimum absolute atomic E-state index is 0.412. The van der Waals surface area contributed by atoms with E-state index < -0.39 is 0 Å². The molecule has 20 heavy (non-hydrogen) atoms. The molecule has 0 atom stereocenters. The van der Waals surface area contributed by atoms with Gasteiger partial charge < -0.3 is 10.3 Å². The monoisotopic (exact) mass is 412 g/mol. The Bertz CT molecular complexity index is 760. The van der Waals surface area contributed by atoms with Crippen LogP contribution in [0.2, 0.25) is 0 Å². The predicted molar refractivity (Wildman–Crippen MR) is 89.8 cm³/mol. The number of nitrogens with zero attached hydrogens (tertiary/aromatic N) is 1. The average molecular weight is 414 g/mol. The Kier molecular flexibility index (Phi) is 3.70. The van der Waals surface area contributed by atoms with E-state index in [2.05, 4.69) is 37.0 Å². The Balaban J connectivity index is 2.23. The van der Waals surface area contributed by atoms with Crippen LogP contribution >= 0.6 is 43.2 Å². The number of anilines is 1. The van der Waals surface area contributed by atoms with Gasteiger partial charge >= 0.3 is 0 Å². The molecule has 0 bridgehead atoms. The first-order valence-corrected chi connectivity index (χ1v) is 8.24. The maximum atomic E-state index is 6.00. The maximum Gasteiger partial charge on any atom is 0.186 e. The SMILES string of the molecule is Cc1ccccc1-c1c(N)noc1-c1cc(Br)c(Br)s1. The van der Waals surface area contributed by atoms with Crippen molar-refractivity contribution in [1.29, 1.82) is 0 Å². The quantitative estimate of drug-likeness (QED) is 0.604. The zero-order valence-corrected chi connectivity index (χ0v) is 14.5. The smallest absolute Gasteiger partial charge is 0.186 e. The second kappa shape index (κ2) is 5.35. The standard InChI is InChI=1S/C14H10Br2N2OS/c1-7-4-2-3-5-8(7)11-12(19-18-14(11)17)10-6-9(15)13(16)20-10/h2-6H,1H3,(H2,17,18). The number of nitrogen functional groups attached to an aromatic ring is 1. The van der Waals surface area contributed by atoms with Crippen molar-refractivity contribution in [2.75, 3.05) is 5.73 Å². The fourth-order valence-electron chi connectivity index (χ4n) is 2.04. The normalized spacial score (nSPS) is 10.9. The highest BCUT2D eigenvalue weighted by Crippen LogP contribution is 2.44. The molecule has 0 unspecified atom stereocenters. The molecule has 1 aromatic carbocycles. The lowest BCUT2D eigenvalue weighted by atomic mass is 10.0. The van der Waals surface area contributed by atoms with Crippen molar-refractivity contribution in [3.63, 3.8) is 0 Å². The van der Waals surface area contributed by atoms with Crippen LogP contribution in [0.3, 0.4) is 0 Å². The largest absolute Gasteiger partial charge is 0.380 e. The third kappa shape index (κ3) is 2.32. The van der Waals surface area contributed by atoms with Crippen molar-refractivity contribution < 1.29 is 4.52 Å². The number of halogens is 2. The van der Waals surface area contributed by atoms with Crippen LogP contribution < -0.4 is 5.73 Å². The molecule has 0 aliphatic carbocycles. The summed E-state index contributed by atoms with van der Waals surface area (Å²) in [5.74, 6) is 1.11. The summed E-state index contributed by atoms with van der Waals surface area (Å²) in [5, 5.41) is 3.93. The molecule has 2 N–H and O–H groups in total. The summed E-state index contributed by atoms with van der Waals surface area (Å²) >= 11 is 8.56. The van der Waals surface area contributed by atoms with Gasteiger partial charge in [0, 0.05) is 4.47 Å². The summed E-state index contributed by atoms with van der Waals surface area (Å²) in [7, 11) is 0. The molecule has 0 amide bonds. The van der Waals surface area contributed by atoms with Crippen LogP contribution in [0.1, 0.15) is 5.56 Å². The topological polar surface area (TPSA) is 52.0 Å². The number of nitrogens with two attached hydrogens (primary N) is 1. The predicted octanol–water partition coefficient (Wildman–Crippen LogP) is 5.49. The van der Waals surface area contributed by atoms with Gasteiger partial charge in [0.25, 0.3) is 0 Å². The molecule has 2 heterocycles. The van der Waals surface area contributed by atoms with Gasteiger partial charge in [-0.2, -0.15) is 0 Å². The van der Waals surface area contributed by atoms with Gasteiger partial charge in [-0.15, -0.1) is 11.3 Å². The molecular formula is C14H10Br2N2OS. The highest BCUT2D eigenvalue weighted by Gasteiger charge is 2.21. The Morgan fingerprint density at radius 3 is 2.65 bits per heavy atom. The highest BCUT2D eigenvalue weighted by atomic mass is 79.9. The highest BCUT2D eigenvalue weighted by molar-refractivity contribution is 9.13. The second-order valence-corrected chi connectivity index (χ2v) is 7.54. The third-order valence-corrected chi connectivity index (χ3v) is 6.26. The lowest BCUT2D eigenvalue weighted by molar-refractivity contribution is 0.437. The van der Waals surface area contributed by atoms with Gasteiger partial charge in [-0.25, -0.2) is 0 Å². The van der Waals surface area contributed by atoms with Gasteiger partial charge in [-0.3, -0.25) is 0 Å². The lowest BCUT2D eigenvalue weighted by Crippen LogP contribution is -1.90. The number of benzene rings is 1. The summed E-state index contributed by atoms with van der Waals surface area (Å²) < 4.78 is 7.45. The number of rotatable bonds is 2. The summed E-state index contributed by atoms with van der Waals surface area (Å²) in [6, 6.07) is 10.1. The van der Waals surface area contributed by atoms with Crippen molar-refractivity contribution in [2.45, 2.75) is 6.92 Å². The molecule has 0 spiro atoms. The van der Waals surface area contributed by atoms with Crippen LogP contribution in [0.5, 0.6) is 0 Å². The van der Waals surface area contributed by atoms with E-state index in [1.807, 2.05) is 37.3 Å².